The number of pyridine rings is 1. The lowest BCUT2D eigenvalue weighted by atomic mass is 10.0. The zero-order chi connectivity index (χ0) is 20.8. The van der Waals surface area contributed by atoms with Crippen LogP contribution in [-0.4, -0.2) is 12.6 Å². The SMILES string of the molecule is CCCCCCCCCCCCCCCCCCNC(=O)NC[n+]1ccccc1.[Cl-]. The van der Waals surface area contributed by atoms with Crippen LogP contribution in [0.15, 0.2) is 30.6 Å². The predicted molar refractivity (Wildman–Crippen MR) is 123 cm³/mol. The van der Waals surface area contributed by atoms with Gasteiger partial charge in [0.2, 0.25) is 6.67 Å². The minimum absolute atomic E-state index is 0. The van der Waals surface area contributed by atoms with Gasteiger partial charge in [-0.2, -0.15) is 4.57 Å². The van der Waals surface area contributed by atoms with E-state index in [2.05, 4.69) is 17.6 Å². The monoisotopic (exact) mass is 439 g/mol. The van der Waals surface area contributed by atoms with Crippen LogP contribution in [0, 0.1) is 0 Å². The predicted octanol–water partition coefficient (Wildman–Crippen LogP) is 3.50. The van der Waals surface area contributed by atoms with Crippen molar-refractivity contribution in [2.24, 2.45) is 0 Å². The van der Waals surface area contributed by atoms with Crippen molar-refractivity contribution in [3.05, 3.63) is 30.6 Å². The van der Waals surface area contributed by atoms with Gasteiger partial charge in [-0.05, 0) is 6.42 Å². The van der Waals surface area contributed by atoms with Gasteiger partial charge >= 0.3 is 6.03 Å². The van der Waals surface area contributed by atoms with E-state index in [4.69, 9.17) is 0 Å². The molecule has 30 heavy (non-hydrogen) atoms. The third-order valence-electron chi connectivity index (χ3n) is 5.52. The van der Waals surface area contributed by atoms with Crippen LogP contribution in [-0.2, 0) is 6.67 Å². The lowest BCUT2D eigenvalue weighted by Crippen LogP contribution is -3.00. The molecule has 4 nitrogen and oxygen atoms in total. The van der Waals surface area contributed by atoms with Crippen molar-refractivity contribution in [1.29, 1.82) is 0 Å². The molecule has 1 heterocycles. The lowest BCUT2D eigenvalue weighted by Gasteiger charge is -2.06. The summed E-state index contributed by atoms with van der Waals surface area (Å²) < 4.78 is 1.94. The number of unbranched alkanes of at least 4 members (excludes halogenated alkanes) is 15. The van der Waals surface area contributed by atoms with Gasteiger partial charge in [0.15, 0.2) is 12.4 Å². The Hall–Kier alpha value is -1.29. The number of rotatable bonds is 19. The maximum Gasteiger partial charge on any atom is 0.319 e. The van der Waals surface area contributed by atoms with Gasteiger partial charge < -0.3 is 17.7 Å². The Morgan fingerprint density at radius 2 is 1.07 bits per heavy atom. The van der Waals surface area contributed by atoms with E-state index in [1.54, 1.807) is 0 Å². The average molecular weight is 440 g/mol. The molecule has 0 atom stereocenters. The van der Waals surface area contributed by atoms with Gasteiger partial charge in [-0.15, -0.1) is 0 Å². The smallest absolute Gasteiger partial charge is 0.319 e. The summed E-state index contributed by atoms with van der Waals surface area (Å²) in [5.41, 5.74) is 0. The largest absolute Gasteiger partial charge is 1.00 e. The molecule has 0 radical (unpaired) electrons. The quantitative estimate of drug-likeness (QED) is 0.251. The second-order valence-corrected chi connectivity index (χ2v) is 8.28. The molecule has 0 saturated carbocycles. The zero-order valence-corrected chi connectivity index (χ0v) is 20.1. The van der Waals surface area contributed by atoms with Crippen LogP contribution >= 0.6 is 0 Å². The van der Waals surface area contributed by atoms with Gasteiger partial charge in [0.25, 0.3) is 0 Å². The molecule has 0 aromatic carbocycles. The van der Waals surface area contributed by atoms with Crippen molar-refractivity contribution < 1.29 is 21.8 Å². The fourth-order valence-corrected chi connectivity index (χ4v) is 3.64. The highest BCUT2D eigenvalue weighted by Gasteiger charge is 2.02. The third-order valence-corrected chi connectivity index (χ3v) is 5.52. The van der Waals surface area contributed by atoms with Gasteiger partial charge in [0, 0.05) is 18.7 Å². The Labute approximate surface area is 192 Å². The first-order chi connectivity index (χ1) is 14.3. The van der Waals surface area contributed by atoms with Gasteiger partial charge in [-0.1, -0.05) is 109 Å². The van der Waals surface area contributed by atoms with Crippen molar-refractivity contribution >= 4 is 6.03 Å². The van der Waals surface area contributed by atoms with Crippen LogP contribution in [0.4, 0.5) is 4.79 Å². The van der Waals surface area contributed by atoms with E-state index < -0.39 is 0 Å². The molecule has 0 aliphatic rings. The molecule has 1 aromatic rings. The number of nitrogens with zero attached hydrogens (tertiary/aromatic N) is 1. The Morgan fingerprint density at radius 3 is 1.53 bits per heavy atom. The highest BCUT2D eigenvalue weighted by atomic mass is 35.5. The molecular formula is C25H46ClN3O. The zero-order valence-electron chi connectivity index (χ0n) is 19.3. The van der Waals surface area contributed by atoms with Crippen LogP contribution in [0.25, 0.3) is 0 Å². The number of carbonyl (C=O) groups excluding carboxylic acids is 1. The highest BCUT2D eigenvalue weighted by molar-refractivity contribution is 5.73. The molecule has 0 fully saturated rings. The minimum Gasteiger partial charge on any atom is -1.00 e. The second-order valence-electron chi connectivity index (χ2n) is 8.28. The van der Waals surface area contributed by atoms with Crippen molar-refractivity contribution in [2.45, 2.75) is 116 Å². The van der Waals surface area contributed by atoms with Gasteiger partial charge in [-0.25, -0.2) is 4.79 Å². The number of urea groups is 1. The third kappa shape index (κ3) is 18.7. The number of carbonyl (C=O) groups is 1. The van der Waals surface area contributed by atoms with Gasteiger partial charge in [0.05, 0.1) is 0 Å². The summed E-state index contributed by atoms with van der Waals surface area (Å²) in [6, 6.07) is 5.79. The summed E-state index contributed by atoms with van der Waals surface area (Å²) in [6.45, 7) is 3.56. The fraction of sp³-hybridized carbons (Fsp3) is 0.760. The van der Waals surface area contributed by atoms with Crippen LogP contribution < -0.4 is 27.6 Å². The molecule has 0 aliphatic carbocycles. The van der Waals surface area contributed by atoms with Crippen molar-refractivity contribution in [1.82, 2.24) is 10.6 Å². The van der Waals surface area contributed by atoms with Gasteiger partial charge in [-0.3, -0.25) is 5.32 Å². The molecule has 0 unspecified atom stereocenters. The number of nitrogens with one attached hydrogen (secondary N) is 2. The first-order valence-electron chi connectivity index (χ1n) is 12.3. The first kappa shape index (κ1) is 28.7. The van der Waals surface area contributed by atoms with E-state index in [9.17, 15) is 4.79 Å². The Bertz CT molecular complexity index is 485. The van der Waals surface area contributed by atoms with Gasteiger partial charge in [0.1, 0.15) is 0 Å². The molecule has 0 saturated heterocycles. The summed E-state index contributed by atoms with van der Waals surface area (Å²) in [6.07, 6.45) is 25.8. The van der Waals surface area contributed by atoms with Crippen LogP contribution in [0.1, 0.15) is 110 Å². The van der Waals surface area contributed by atoms with E-state index >= 15 is 0 Å². The van der Waals surface area contributed by atoms with E-state index in [1.807, 2.05) is 35.2 Å². The standard InChI is InChI=1S/C25H45N3O.ClH/c1-2-3-4-5-6-7-8-9-10-11-12-13-14-15-16-18-21-26-25(29)27-24-28-22-19-17-20-23-28;/h17,19-20,22-23H,2-16,18,21,24H2,1H3,(H-,26,27,29);1H. The second kappa shape index (κ2) is 22.4. The summed E-state index contributed by atoms with van der Waals surface area (Å²) in [7, 11) is 0. The van der Waals surface area contributed by atoms with Crippen LogP contribution in [0.2, 0.25) is 0 Å². The first-order valence-corrected chi connectivity index (χ1v) is 12.3. The molecule has 0 spiro atoms. The average Bonchev–Trinajstić information content (AvgIpc) is 2.75. The molecule has 2 N–H and O–H groups in total. The number of halogens is 1. The molecule has 2 amide bonds. The minimum atomic E-state index is -0.0812. The molecule has 0 aliphatic heterocycles. The Kier molecular flexibility index (Phi) is 21.4. The Balaban J connectivity index is 0.00000841. The molecule has 5 heteroatoms. The summed E-state index contributed by atoms with van der Waals surface area (Å²) in [5, 5.41) is 5.81. The van der Waals surface area contributed by atoms with E-state index in [0.717, 1.165) is 13.0 Å². The summed E-state index contributed by atoms with van der Waals surface area (Å²) in [4.78, 5) is 11.7. The molecule has 0 bridgehead atoms. The van der Waals surface area contributed by atoms with E-state index in [1.165, 1.54) is 96.3 Å². The van der Waals surface area contributed by atoms with Crippen LogP contribution in [0.5, 0.6) is 0 Å². The van der Waals surface area contributed by atoms with Crippen molar-refractivity contribution in [3.8, 4) is 0 Å². The molecule has 1 rings (SSSR count). The van der Waals surface area contributed by atoms with Crippen molar-refractivity contribution in [3.63, 3.8) is 0 Å². The molecular weight excluding hydrogens is 394 g/mol. The molecule has 1 aromatic heterocycles. The maximum atomic E-state index is 11.7. The normalized spacial score (nSPS) is 10.4. The van der Waals surface area contributed by atoms with E-state index in [0.29, 0.717) is 6.67 Å². The summed E-state index contributed by atoms with van der Waals surface area (Å²) >= 11 is 0. The number of aromatic nitrogens is 1. The fourth-order valence-electron chi connectivity index (χ4n) is 3.64. The number of hydrogen-bond donors (Lipinski definition) is 2. The number of hydrogen-bond acceptors (Lipinski definition) is 1. The highest BCUT2D eigenvalue weighted by Crippen LogP contribution is 2.13. The lowest BCUT2D eigenvalue weighted by molar-refractivity contribution is -0.699. The van der Waals surface area contributed by atoms with E-state index in [-0.39, 0.29) is 18.4 Å². The topological polar surface area (TPSA) is 45.0 Å². The van der Waals surface area contributed by atoms with Crippen LogP contribution in [0.3, 0.4) is 0 Å². The maximum absolute atomic E-state index is 11.7. The van der Waals surface area contributed by atoms with Crippen molar-refractivity contribution in [2.75, 3.05) is 6.54 Å². The Morgan fingerprint density at radius 1 is 0.633 bits per heavy atom. The molecule has 174 valence electrons. The number of amides is 2. The summed E-state index contributed by atoms with van der Waals surface area (Å²) in [5.74, 6) is 0.